The molecule has 2 rings (SSSR count). The Morgan fingerprint density at radius 2 is 2.09 bits per heavy atom. The molecule has 1 saturated heterocycles. The van der Waals surface area contributed by atoms with Gasteiger partial charge in [0, 0.05) is 24.6 Å². The molecule has 1 aromatic rings. The van der Waals surface area contributed by atoms with Crippen molar-refractivity contribution >= 4 is 17.5 Å². The number of hydrogen-bond donors (Lipinski definition) is 0. The number of rotatable bonds is 5. The second kappa shape index (κ2) is 7.13. The Kier molecular flexibility index (Phi) is 5.45. The van der Waals surface area contributed by atoms with Gasteiger partial charge in [-0.3, -0.25) is 4.79 Å². The number of likely N-dealkylation sites (tertiary alicyclic amines) is 1. The lowest BCUT2D eigenvalue weighted by Gasteiger charge is -2.36. The Morgan fingerprint density at radius 3 is 2.68 bits per heavy atom. The number of hydrogen-bond acceptors (Lipinski definition) is 5. The van der Waals surface area contributed by atoms with Crippen molar-refractivity contribution in [3.8, 4) is 11.8 Å². The number of carbonyl (C=O) groups excluding carboxylic acids is 1. The highest BCUT2D eigenvalue weighted by atomic mass is 35.5. The highest BCUT2D eigenvalue weighted by Crippen LogP contribution is 2.24. The summed E-state index contributed by atoms with van der Waals surface area (Å²) in [6, 6.07) is 3.42. The average molecular weight is 328 g/mol. The summed E-state index contributed by atoms with van der Waals surface area (Å²) in [5, 5.41) is 7.83. The zero-order chi connectivity index (χ0) is 16.2. The maximum Gasteiger partial charge on any atom is 0.233 e. The van der Waals surface area contributed by atoms with E-state index < -0.39 is 5.41 Å². The molecule has 0 saturated carbocycles. The van der Waals surface area contributed by atoms with Gasteiger partial charge in [0.25, 0.3) is 0 Å². The number of amides is 1. The molecule has 1 unspecified atom stereocenters. The molecule has 0 aromatic carbocycles. The number of nitrogens with zero attached hydrogens (tertiary/aromatic N) is 3. The normalized spacial score (nSPS) is 18.9. The highest BCUT2D eigenvalue weighted by molar-refractivity contribution is 6.19. The van der Waals surface area contributed by atoms with Crippen molar-refractivity contribution in [3.05, 3.63) is 12.1 Å². The van der Waals surface area contributed by atoms with Crippen LogP contribution in [0.4, 0.5) is 0 Å². The van der Waals surface area contributed by atoms with Gasteiger partial charge < -0.3 is 14.4 Å². The molecular formula is C15H22ClN3O3. The van der Waals surface area contributed by atoms with Gasteiger partial charge >= 0.3 is 0 Å². The Morgan fingerprint density at radius 1 is 1.41 bits per heavy atom. The van der Waals surface area contributed by atoms with Crippen molar-refractivity contribution in [1.29, 1.82) is 0 Å². The van der Waals surface area contributed by atoms with Gasteiger partial charge in [-0.1, -0.05) is 0 Å². The van der Waals surface area contributed by atoms with Crippen molar-refractivity contribution in [2.75, 3.05) is 26.1 Å². The first kappa shape index (κ1) is 16.8. The fourth-order valence-corrected chi connectivity index (χ4v) is 2.47. The minimum Gasteiger partial charge on any atom is -0.480 e. The summed E-state index contributed by atoms with van der Waals surface area (Å²) in [5.41, 5.74) is -0.552. The third-order valence-electron chi connectivity index (χ3n) is 3.69. The third-order valence-corrected chi connectivity index (χ3v) is 4.36. The van der Waals surface area contributed by atoms with Gasteiger partial charge in [0.15, 0.2) is 0 Å². The molecule has 0 aliphatic carbocycles. The maximum atomic E-state index is 12.5. The summed E-state index contributed by atoms with van der Waals surface area (Å²) in [6.07, 6.45) is 1.71. The molecule has 122 valence electrons. The Labute approximate surface area is 135 Å². The monoisotopic (exact) mass is 327 g/mol. The predicted molar refractivity (Wildman–Crippen MR) is 83.3 cm³/mol. The van der Waals surface area contributed by atoms with E-state index in [2.05, 4.69) is 10.2 Å². The lowest BCUT2D eigenvalue weighted by atomic mass is 9.93. The summed E-state index contributed by atoms with van der Waals surface area (Å²) in [4.78, 5) is 14.3. The fraction of sp³-hybridized carbons (Fsp3) is 0.667. The zero-order valence-corrected chi connectivity index (χ0v) is 14.0. The van der Waals surface area contributed by atoms with Crippen molar-refractivity contribution in [1.82, 2.24) is 15.1 Å². The van der Waals surface area contributed by atoms with Crippen LogP contribution in [0.1, 0.15) is 26.7 Å². The quantitative estimate of drug-likeness (QED) is 0.775. The number of halogens is 1. The summed E-state index contributed by atoms with van der Waals surface area (Å²) in [7, 11) is 1.54. The molecule has 0 bridgehead atoms. The van der Waals surface area contributed by atoms with Crippen LogP contribution in [0.25, 0.3) is 0 Å². The molecule has 1 atom stereocenters. The molecule has 1 aromatic heterocycles. The first-order valence-electron chi connectivity index (χ1n) is 7.36. The van der Waals surface area contributed by atoms with E-state index >= 15 is 0 Å². The van der Waals surface area contributed by atoms with Gasteiger partial charge in [0.1, 0.15) is 6.10 Å². The first-order chi connectivity index (χ1) is 10.5. The molecule has 0 N–H and O–H groups in total. The molecule has 2 heterocycles. The summed E-state index contributed by atoms with van der Waals surface area (Å²) in [6.45, 7) is 5.02. The Balaban J connectivity index is 1.96. The topological polar surface area (TPSA) is 64.6 Å². The third kappa shape index (κ3) is 4.00. The van der Waals surface area contributed by atoms with Crippen molar-refractivity contribution in [2.45, 2.75) is 32.8 Å². The molecule has 1 aliphatic heterocycles. The van der Waals surface area contributed by atoms with E-state index in [0.29, 0.717) is 24.2 Å². The summed E-state index contributed by atoms with van der Waals surface area (Å²) < 4.78 is 10.8. The minimum absolute atomic E-state index is 0.0663. The lowest BCUT2D eigenvalue weighted by molar-refractivity contribution is -0.142. The van der Waals surface area contributed by atoms with Crippen LogP contribution in [-0.2, 0) is 4.79 Å². The smallest absolute Gasteiger partial charge is 0.233 e. The van der Waals surface area contributed by atoms with E-state index in [1.54, 1.807) is 12.1 Å². The molecule has 7 heteroatoms. The van der Waals surface area contributed by atoms with Crippen molar-refractivity contribution in [3.63, 3.8) is 0 Å². The number of ether oxygens (including phenoxy) is 2. The number of aromatic nitrogens is 2. The van der Waals surface area contributed by atoms with Gasteiger partial charge in [0.2, 0.25) is 17.7 Å². The van der Waals surface area contributed by atoms with Crippen LogP contribution in [0.2, 0.25) is 0 Å². The first-order valence-corrected chi connectivity index (χ1v) is 7.89. The van der Waals surface area contributed by atoms with E-state index in [1.165, 1.54) is 7.11 Å². The fourth-order valence-electron chi connectivity index (χ4n) is 2.35. The SMILES string of the molecule is COc1ccc(OC2CCCN(C(=O)C(C)(C)CCl)C2)nn1. The summed E-state index contributed by atoms with van der Waals surface area (Å²) >= 11 is 5.89. The molecule has 1 fully saturated rings. The molecule has 22 heavy (non-hydrogen) atoms. The van der Waals surface area contributed by atoms with Crippen molar-refractivity contribution < 1.29 is 14.3 Å². The van der Waals surface area contributed by atoms with Gasteiger partial charge in [-0.15, -0.1) is 21.8 Å². The Bertz CT molecular complexity index is 507. The molecule has 6 nitrogen and oxygen atoms in total. The van der Waals surface area contributed by atoms with E-state index in [-0.39, 0.29) is 12.0 Å². The zero-order valence-electron chi connectivity index (χ0n) is 13.2. The van der Waals surface area contributed by atoms with Crippen LogP contribution in [-0.4, -0.2) is 53.2 Å². The second-order valence-corrected chi connectivity index (χ2v) is 6.33. The molecule has 1 aliphatic rings. The van der Waals surface area contributed by atoms with E-state index in [4.69, 9.17) is 21.1 Å². The number of alkyl halides is 1. The molecular weight excluding hydrogens is 306 g/mol. The summed E-state index contributed by atoms with van der Waals surface area (Å²) in [5.74, 6) is 1.25. The molecule has 0 radical (unpaired) electrons. The van der Waals surface area contributed by atoms with E-state index in [0.717, 1.165) is 19.4 Å². The van der Waals surface area contributed by atoms with Crippen LogP contribution in [0.15, 0.2) is 12.1 Å². The second-order valence-electron chi connectivity index (χ2n) is 6.06. The van der Waals surface area contributed by atoms with Crippen LogP contribution < -0.4 is 9.47 Å². The molecule has 0 spiro atoms. The van der Waals surface area contributed by atoms with Crippen LogP contribution in [0.5, 0.6) is 11.8 Å². The number of piperidine rings is 1. The standard InChI is InChI=1S/C15H22ClN3O3/c1-15(2,10-16)14(20)19-8-4-5-11(9-19)22-13-7-6-12(21-3)17-18-13/h6-7,11H,4-5,8-10H2,1-3H3. The van der Waals surface area contributed by atoms with E-state index in [9.17, 15) is 4.79 Å². The van der Waals surface area contributed by atoms with Gasteiger partial charge in [0.05, 0.1) is 19.1 Å². The van der Waals surface area contributed by atoms with Crippen molar-refractivity contribution in [2.24, 2.45) is 5.41 Å². The van der Waals surface area contributed by atoms with Gasteiger partial charge in [-0.05, 0) is 26.7 Å². The lowest BCUT2D eigenvalue weighted by Crippen LogP contribution is -2.49. The average Bonchev–Trinajstić information content (AvgIpc) is 2.55. The maximum absolute atomic E-state index is 12.5. The Hall–Kier alpha value is -1.56. The predicted octanol–water partition coefficient (Wildman–Crippen LogP) is 2.12. The minimum atomic E-state index is -0.552. The largest absolute Gasteiger partial charge is 0.480 e. The number of carbonyl (C=O) groups is 1. The van der Waals surface area contributed by atoms with Crippen LogP contribution >= 0.6 is 11.6 Å². The highest BCUT2D eigenvalue weighted by Gasteiger charge is 2.34. The van der Waals surface area contributed by atoms with Crippen LogP contribution in [0, 0.1) is 5.41 Å². The van der Waals surface area contributed by atoms with Crippen LogP contribution in [0.3, 0.4) is 0 Å². The van der Waals surface area contributed by atoms with Gasteiger partial charge in [-0.25, -0.2) is 0 Å². The number of methoxy groups -OCH3 is 1. The molecule has 1 amide bonds. The van der Waals surface area contributed by atoms with E-state index in [1.807, 2.05) is 18.7 Å². The van der Waals surface area contributed by atoms with Gasteiger partial charge in [-0.2, -0.15) is 0 Å².